The van der Waals surface area contributed by atoms with E-state index in [-0.39, 0.29) is 18.3 Å². The van der Waals surface area contributed by atoms with E-state index in [2.05, 4.69) is 5.32 Å². The fourth-order valence-electron chi connectivity index (χ4n) is 2.39. The highest BCUT2D eigenvalue weighted by Gasteiger charge is 2.33. The Morgan fingerprint density at radius 2 is 2.30 bits per heavy atom. The zero-order valence-corrected chi connectivity index (χ0v) is 12.6. The van der Waals surface area contributed by atoms with Gasteiger partial charge in [0.05, 0.1) is 19.3 Å². The van der Waals surface area contributed by atoms with Gasteiger partial charge in [-0.05, 0) is 25.8 Å². The number of nitrogens with zero attached hydrogens (tertiary/aromatic N) is 1. The van der Waals surface area contributed by atoms with Gasteiger partial charge in [-0.15, -0.1) is 0 Å². The minimum absolute atomic E-state index is 0.186. The highest BCUT2D eigenvalue weighted by atomic mass is 16.6. The average molecular weight is 326 g/mol. The summed E-state index contributed by atoms with van der Waals surface area (Å²) in [5, 5.41) is 13.1. The molecule has 126 valence electrons. The molecule has 1 aliphatic rings. The van der Waals surface area contributed by atoms with E-state index >= 15 is 0 Å². The molecule has 2 unspecified atom stereocenters. The van der Waals surface area contributed by atoms with Gasteiger partial charge in [0.1, 0.15) is 11.0 Å². The first-order chi connectivity index (χ1) is 11.0. The minimum atomic E-state index is -0.882. The van der Waals surface area contributed by atoms with E-state index in [0.717, 1.165) is 12.5 Å². The van der Waals surface area contributed by atoms with Crippen molar-refractivity contribution in [2.75, 3.05) is 19.8 Å². The minimum Gasteiger partial charge on any atom is -0.464 e. The van der Waals surface area contributed by atoms with E-state index in [1.54, 1.807) is 6.92 Å². The molecule has 0 aliphatic carbocycles. The van der Waals surface area contributed by atoms with Crippen molar-refractivity contribution in [3.63, 3.8) is 0 Å². The number of ether oxygens (including phenoxy) is 2. The number of furan rings is 1. The summed E-state index contributed by atoms with van der Waals surface area (Å²) in [4.78, 5) is 34.1. The summed E-state index contributed by atoms with van der Waals surface area (Å²) in [6.07, 6.45) is 1.49. The van der Waals surface area contributed by atoms with Crippen molar-refractivity contribution in [3.8, 4) is 0 Å². The predicted molar refractivity (Wildman–Crippen MR) is 76.8 cm³/mol. The fraction of sp³-hybridized carbons (Fsp3) is 0.571. The van der Waals surface area contributed by atoms with Crippen molar-refractivity contribution < 1.29 is 28.4 Å². The van der Waals surface area contributed by atoms with Gasteiger partial charge in [0, 0.05) is 12.5 Å². The Balaban J connectivity index is 2.10. The summed E-state index contributed by atoms with van der Waals surface area (Å²) in [6, 6.07) is 1.39. The van der Waals surface area contributed by atoms with Crippen LogP contribution in [0.2, 0.25) is 0 Å². The van der Waals surface area contributed by atoms with Crippen LogP contribution < -0.4 is 5.32 Å². The third-order valence-corrected chi connectivity index (χ3v) is 3.49. The number of carbonyl (C=O) groups excluding carboxylic acids is 2. The molecule has 1 fully saturated rings. The van der Waals surface area contributed by atoms with E-state index in [9.17, 15) is 19.7 Å². The normalized spacial score (nSPS) is 18.9. The van der Waals surface area contributed by atoms with Gasteiger partial charge in [-0.3, -0.25) is 14.9 Å². The van der Waals surface area contributed by atoms with E-state index in [0.29, 0.717) is 19.6 Å². The average Bonchev–Trinajstić information content (AvgIpc) is 3.03. The molecule has 0 bridgehead atoms. The first kappa shape index (κ1) is 16.9. The number of esters is 1. The molecule has 1 N–H and O–H groups in total. The maximum Gasteiger partial charge on any atom is 0.433 e. The van der Waals surface area contributed by atoms with Crippen LogP contribution in [0.15, 0.2) is 16.5 Å². The van der Waals surface area contributed by atoms with Crippen LogP contribution in [0.5, 0.6) is 0 Å². The van der Waals surface area contributed by atoms with Crippen molar-refractivity contribution in [2.24, 2.45) is 5.92 Å². The Hall–Kier alpha value is -2.42. The second-order valence-corrected chi connectivity index (χ2v) is 5.08. The van der Waals surface area contributed by atoms with Gasteiger partial charge in [-0.25, -0.2) is 4.79 Å². The van der Waals surface area contributed by atoms with E-state index < -0.39 is 28.7 Å². The Kier molecular flexibility index (Phi) is 5.69. The van der Waals surface area contributed by atoms with Crippen molar-refractivity contribution >= 4 is 17.8 Å². The Morgan fingerprint density at radius 3 is 2.87 bits per heavy atom. The maximum absolute atomic E-state index is 12.2. The van der Waals surface area contributed by atoms with E-state index in [1.807, 2.05) is 0 Å². The molecule has 2 heterocycles. The molecule has 1 aromatic rings. The summed E-state index contributed by atoms with van der Waals surface area (Å²) < 4.78 is 15.2. The quantitative estimate of drug-likeness (QED) is 0.474. The second kappa shape index (κ2) is 7.73. The lowest BCUT2D eigenvalue weighted by Gasteiger charge is -2.29. The molecule has 9 nitrogen and oxygen atoms in total. The maximum atomic E-state index is 12.2. The lowest BCUT2D eigenvalue weighted by atomic mass is 9.93. The monoisotopic (exact) mass is 326 g/mol. The SMILES string of the molecule is CCOC(=O)C(NC(=O)c1ccc([N+](=O)[O-])o1)C1CCCOC1. The summed E-state index contributed by atoms with van der Waals surface area (Å²) in [6.45, 7) is 2.81. The zero-order valence-electron chi connectivity index (χ0n) is 12.6. The first-order valence-electron chi connectivity index (χ1n) is 7.32. The molecule has 23 heavy (non-hydrogen) atoms. The molecular weight excluding hydrogens is 308 g/mol. The number of nitro groups is 1. The Labute approximate surface area is 132 Å². The van der Waals surface area contributed by atoms with Crippen molar-refractivity contribution in [2.45, 2.75) is 25.8 Å². The summed E-state index contributed by atoms with van der Waals surface area (Å²) >= 11 is 0. The first-order valence-corrected chi connectivity index (χ1v) is 7.32. The van der Waals surface area contributed by atoms with Gasteiger partial charge in [0.2, 0.25) is 0 Å². The summed E-state index contributed by atoms with van der Waals surface area (Å²) in [7, 11) is 0. The van der Waals surface area contributed by atoms with Crippen LogP contribution in [-0.4, -0.2) is 42.7 Å². The van der Waals surface area contributed by atoms with Gasteiger partial charge in [-0.1, -0.05) is 0 Å². The molecule has 2 rings (SSSR count). The summed E-state index contributed by atoms with van der Waals surface area (Å²) in [5.41, 5.74) is 0. The van der Waals surface area contributed by atoms with Crippen LogP contribution in [0.25, 0.3) is 0 Å². The molecular formula is C14H18N2O7. The van der Waals surface area contributed by atoms with Crippen LogP contribution in [0, 0.1) is 16.0 Å². The summed E-state index contributed by atoms with van der Waals surface area (Å²) in [5.74, 6) is -2.25. The second-order valence-electron chi connectivity index (χ2n) is 5.08. The molecule has 1 aromatic heterocycles. The van der Waals surface area contributed by atoms with Gasteiger partial charge in [0.25, 0.3) is 5.91 Å². The Bertz CT molecular complexity index is 577. The third kappa shape index (κ3) is 4.28. The van der Waals surface area contributed by atoms with Crippen LogP contribution >= 0.6 is 0 Å². The molecule has 1 amide bonds. The highest BCUT2D eigenvalue weighted by Crippen LogP contribution is 2.20. The third-order valence-electron chi connectivity index (χ3n) is 3.49. The predicted octanol–water partition coefficient (Wildman–Crippen LogP) is 1.28. The van der Waals surface area contributed by atoms with Crippen LogP contribution in [0.3, 0.4) is 0 Å². The van der Waals surface area contributed by atoms with Crippen LogP contribution in [0.4, 0.5) is 5.88 Å². The van der Waals surface area contributed by atoms with Crippen molar-refractivity contribution in [3.05, 3.63) is 28.0 Å². The molecule has 1 aliphatic heterocycles. The number of hydrogen-bond donors (Lipinski definition) is 1. The van der Waals surface area contributed by atoms with Gasteiger partial charge >= 0.3 is 11.9 Å². The smallest absolute Gasteiger partial charge is 0.433 e. The number of hydrogen-bond acceptors (Lipinski definition) is 7. The molecule has 9 heteroatoms. The van der Waals surface area contributed by atoms with Gasteiger partial charge in [-0.2, -0.15) is 0 Å². The van der Waals surface area contributed by atoms with E-state index in [4.69, 9.17) is 13.9 Å². The van der Waals surface area contributed by atoms with Crippen LogP contribution in [-0.2, 0) is 14.3 Å². The standard InChI is InChI=1S/C14H18N2O7/c1-2-22-14(18)12(9-4-3-7-21-8-9)15-13(17)10-5-6-11(23-10)16(19)20/h5-6,9,12H,2-4,7-8H2,1H3,(H,15,17). The molecule has 1 saturated heterocycles. The lowest BCUT2D eigenvalue weighted by molar-refractivity contribution is -0.402. The van der Waals surface area contributed by atoms with E-state index in [1.165, 1.54) is 6.07 Å². The number of rotatable bonds is 6. The van der Waals surface area contributed by atoms with Gasteiger partial charge in [0.15, 0.2) is 5.76 Å². The Morgan fingerprint density at radius 1 is 1.52 bits per heavy atom. The number of nitrogens with one attached hydrogen (secondary N) is 1. The molecule has 0 saturated carbocycles. The topological polar surface area (TPSA) is 121 Å². The zero-order chi connectivity index (χ0) is 16.8. The largest absolute Gasteiger partial charge is 0.464 e. The van der Waals surface area contributed by atoms with Gasteiger partial charge < -0.3 is 19.2 Å². The molecule has 0 radical (unpaired) electrons. The molecule has 0 spiro atoms. The number of amides is 1. The molecule has 2 atom stereocenters. The number of carbonyl (C=O) groups is 2. The highest BCUT2D eigenvalue weighted by molar-refractivity contribution is 5.94. The lowest BCUT2D eigenvalue weighted by Crippen LogP contribution is -2.49. The van der Waals surface area contributed by atoms with Crippen molar-refractivity contribution in [1.82, 2.24) is 5.32 Å². The van der Waals surface area contributed by atoms with Crippen molar-refractivity contribution in [1.29, 1.82) is 0 Å². The van der Waals surface area contributed by atoms with Crippen LogP contribution in [0.1, 0.15) is 30.3 Å². The molecule has 0 aromatic carbocycles. The fourth-order valence-corrected chi connectivity index (χ4v) is 2.39.